The van der Waals surface area contributed by atoms with Crippen molar-refractivity contribution in [1.29, 1.82) is 0 Å². The molecule has 1 aromatic heterocycles. The molecule has 1 heterocycles. The van der Waals surface area contributed by atoms with Crippen molar-refractivity contribution < 1.29 is 9.50 Å². The fraction of sp³-hybridized carbons (Fsp3) is 0. The second kappa shape index (κ2) is 1.73. The van der Waals surface area contributed by atoms with E-state index in [1.165, 1.54) is 0 Å². The topological polar surface area (TPSA) is 48.8 Å². The van der Waals surface area contributed by atoms with Crippen LogP contribution in [-0.2, 0) is 0 Å². The average molecular weight is 113 g/mol. The van der Waals surface area contributed by atoms with Gasteiger partial charge in [-0.15, -0.1) is 0 Å². The van der Waals surface area contributed by atoms with Gasteiger partial charge in [0, 0.05) is 0 Å². The van der Waals surface area contributed by atoms with Gasteiger partial charge in [-0.2, -0.15) is 0 Å². The van der Waals surface area contributed by atoms with E-state index < -0.39 is 11.8 Å². The molecule has 1 rings (SSSR count). The molecule has 0 fully saturated rings. The summed E-state index contributed by atoms with van der Waals surface area (Å²) in [7, 11) is 0. The van der Waals surface area contributed by atoms with Crippen LogP contribution < -0.4 is 5.11 Å². The molecule has 0 aliphatic rings. The summed E-state index contributed by atoms with van der Waals surface area (Å²) >= 11 is 0. The Morgan fingerprint density at radius 3 is 2.25 bits per heavy atom. The summed E-state index contributed by atoms with van der Waals surface area (Å²) in [5.41, 5.74) is 0. The Hall–Kier alpha value is -1.19. The Morgan fingerprint density at radius 1 is 1.38 bits per heavy atom. The van der Waals surface area contributed by atoms with Gasteiger partial charge in [0.05, 0.1) is 18.4 Å². The molecule has 0 unspecified atom stereocenters. The van der Waals surface area contributed by atoms with Gasteiger partial charge < -0.3 is 5.11 Å². The summed E-state index contributed by atoms with van der Waals surface area (Å²) in [6, 6.07) is -0.661. The standard InChI is InChI=1S/C4H3FN2O/c5-3-1-6-4(8)7-2-3/h1-2H,(H,6,7,8)/p-1. The zero-order valence-electron chi connectivity index (χ0n) is 3.84. The van der Waals surface area contributed by atoms with Gasteiger partial charge in [0.15, 0.2) is 5.82 Å². The van der Waals surface area contributed by atoms with Crippen LogP contribution in [0.25, 0.3) is 0 Å². The monoisotopic (exact) mass is 113 g/mol. The second-order valence-electron chi connectivity index (χ2n) is 1.18. The molecular formula is C4H2FN2O-. The minimum absolute atomic E-state index is 0.593. The number of nitrogens with zero attached hydrogens (tertiary/aromatic N) is 2. The third kappa shape index (κ3) is 0.900. The number of aromatic nitrogens is 2. The summed E-state index contributed by atoms with van der Waals surface area (Å²) in [4.78, 5) is 6.07. The Morgan fingerprint density at radius 2 is 1.88 bits per heavy atom. The quantitative estimate of drug-likeness (QED) is 0.463. The summed E-state index contributed by atoms with van der Waals surface area (Å²) < 4.78 is 11.8. The second-order valence-corrected chi connectivity index (χ2v) is 1.18. The maximum atomic E-state index is 11.8. The van der Waals surface area contributed by atoms with Crippen molar-refractivity contribution in [3.8, 4) is 6.01 Å². The molecule has 0 saturated heterocycles. The lowest BCUT2D eigenvalue weighted by molar-refractivity contribution is -0.282. The van der Waals surface area contributed by atoms with Crippen LogP contribution in [0.15, 0.2) is 12.4 Å². The van der Waals surface area contributed by atoms with Crippen LogP contribution in [-0.4, -0.2) is 9.97 Å². The van der Waals surface area contributed by atoms with Gasteiger partial charge in [-0.3, -0.25) is 0 Å². The number of hydrogen-bond donors (Lipinski definition) is 0. The molecule has 0 radical (unpaired) electrons. The van der Waals surface area contributed by atoms with E-state index in [4.69, 9.17) is 0 Å². The van der Waals surface area contributed by atoms with Crippen molar-refractivity contribution in [1.82, 2.24) is 9.97 Å². The van der Waals surface area contributed by atoms with Crippen LogP contribution >= 0.6 is 0 Å². The smallest absolute Gasteiger partial charge is 0.159 e. The Balaban J connectivity index is 3.03. The van der Waals surface area contributed by atoms with Crippen molar-refractivity contribution in [3.05, 3.63) is 18.2 Å². The maximum absolute atomic E-state index is 11.8. The van der Waals surface area contributed by atoms with Gasteiger partial charge in [-0.1, -0.05) is 0 Å². The van der Waals surface area contributed by atoms with E-state index in [0.717, 1.165) is 12.4 Å². The molecule has 0 amide bonds. The van der Waals surface area contributed by atoms with Crippen LogP contribution in [0.2, 0.25) is 0 Å². The zero-order valence-corrected chi connectivity index (χ0v) is 3.84. The molecule has 0 saturated carbocycles. The lowest BCUT2D eigenvalue weighted by Gasteiger charge is -1.97. The van der Waals surface area contributed by atoms with E-state index in [2.05, 4.69) is 9.97 Å². The van der Waals surface area contributed by atoms with E-state index >= 15 is 0 Å². The fourth-order valence-corrected chi connectivity index (χ4v) is 0.300. The molecule has 1 aromatic rings. The van der Waals surface area contributed by atoms with Crippen LogP contribution in [0.1, 0.15) is 0 Å². The van der Waals surface area contributed by atoms with Gasteiger partial charge in [0.1, 0.15) is 0 Å². The first kappa shape index (κ1) is 4.96. The van der Waals surface area contributed by atoms with Gasteiger partial charge >= 0.3 is 0 Å². The number of halogens is 1. The number of hydrogen-bond acceptors (Lipinski definition) is 3. The van der Waals surface area contributed by atoms with E-state index in [1.807, 2.05) is 0 Å². The first-order valence-corrected chi connectivity index (χ1v) is 1.93. The predicted octanol–water partition coefficient (Wildman–Crippen LogP) is -0.311. The van der Waals surface area contributed by atoms with E-state index in [1.54, 1.807) is 0 Å². The van der Waals surface area contributed by atoms with Crippen LogP contribution in [0.5, 0.6) is 6.01 Å². The molecular weight excluding hydrogens is 111 g/mol. The predicted molar refractivity (Wildman–Crippen MR) is 21.4 cm³/mol. The molecule has 0 N–H and O–H groups in total. The summed E-state index contributed by atoms with van der Waals surface area (Å²) in [6.45, 7) is 0. The third-order valence-electron chi connectivity index (χ3n) is 0.597. The van der Waals surface area contributed by atoms with Gasteiger partial charge in [-0.05, 0) is 0 Å². The summed E-state index contributed by atoms with van der Waals surface area (Å²) in [5.74, 6) is -0.593. The largest absolute Gasteiger partial charge is 0.844 e. The van der Waals surface area contributed by atoms with Gasteiger partial charge in [-0.25, -0.2) is 14.4 Å². The summed E-state index contributed by atoms with van der Waals surface area (Å²) in [5, 5.41) is 10.0. The third-order valence-corrected chi connectivity index (χ3v) is 0.597. The zero-order chi connectivity index (χ0) is 5.98. The van der Waals surface area contributed by atoms with Crippen molar-refractivity contribution in [2.75, 3.05) is 0 Å². The molecule has 42 valence electrons. The fourth-order valence-electron chi connectivity index (χ4n) is 0.300. The Bertz CT molecular complexity index is 153. The summed E-state index contributed by atoms with van der Waals surface area (Å²) in [6.07, 6.45) is 1.66. The Kier molecular flexibility index (Phi) is 1.07. The van der Waals surface area contributed by atoms with Crippen LogP contribution in [0.3, 0.4) is 0 Å². The molecule has 3 nitrogen and oxygen atoms in total. The molecule has 0 spiro atoms. The number of rotatable bonds is 0. The minimum atomic E-state index is -0.661. The molecule has 0 aliphatic heterocycles. The molecule has 8 heavy (non-hydrogen) atoms. The Labute approximate surface area is 44.8 Å². The van der Waals surface area contributed by atoms with Gasteiger partial charge in [0.25, 0.3) is 0 Å². The highest BCUT2D eigenvalue weighted by molar-refractivity contribution is 4.91. The normalized spacial score (nSPS) is 9.12. The SMILES string of the molecule is [O-]c1ncc(F)cn1. The first-order valence-electron chi connectivity index (χ1n) is 1.93. The van der Waals surface area contributed by atoms with E-state index in [9.17, 15) is 9.50 Å². The molecule has 0 aliphatic carbocycles. The first-order chi connectivity index (χ1) is 3.79. The van der Waals surface area contributed by atoms with E-state index in [0.29, 0.717) is 0 Å². The molecule has 0 aromatic carbocycles. The highest BCUT2D eigenvalue weighted by Gasteiger charge is 1.82. The maximum Gasteiger partial charge on any atom is 0.159 e. The lowest BCUT2D eigenvalue weighted by atomic mass is 10.6. The van der Waals surface area contributed by atoms with Gasteiger partial charge in [0.2, 0.25) is 0 Å². The minimum Gasteiger partial charge on any atom is -0.844 e. The van der Waals surface area contributed by atoms with Crippen molar-refractivity contribution in [2.24, 2.45) is 0 Å². The highest BCUT2D eigenvalue weighted by Crippen LogP contribution is 1.92. The average Bonchev–Trinajstić information content (AvgIpc) is 1.77. The lowest BCUT2D eigenvalue weighted by Crippen LogP contribution is -1.96. The molecule has 0 atom stereocenters. The van der Waals surface area contributed by atoms with Crippen LogP contribution in [0.4, 0.5) is 4.39 Å². The molecule has 0 bridgehead atoms. The van der Waals surface area contributed by atoms with Crippen molar-refractivity contribution in [3.63, 3.8) is 0 Å². The van der Waals surface area contributed by atoms with E-state index in [-0.39, 0.29) is 0 Å². The van der Waals surface area contributed by atoms with Crippen molar-refractivity contribution in [2.45, 2.75) is 0 Å². The van der Waals surface area contributed by atoms with Crippen LogP contribution in [0, 0.1) is 5.82 Å². The highest BCUT2D eigenvalue weighted by atomic mass is 19.1. The molecule has 4 heteroatoms. The van der Waals surface area contributed by atoms with Crippen molar-refractivity contribution >= 4 is 0 Å².